The van der Waals surface area contributed by atoms with E-state index in [1.54, 1.807) is 23.3 Å². The van der Waals surface area contributed by atoms with Gasteiger partial charge in [0.05, 0.1) is 0 Å². The molecule has 0 saturated heterocycles. The van der Waals surface area contributed by atoms with Crippen molar-refractivity contribution in [2.24, 2.45) is 0 Å². The van der Waals surface area contributed by atoms with Gasteiger partial charge in [0, 0.05) is 23.1 Å². The molecule has 2 aromatic heterocycles. The largest absolute Gasteiger partial charge is 0.393 e. The number of anilines is 3. The molecule has 0 bridgehead atoms. The molecule has 0 aliphatic rings. The van der Waals surface area contributed by atoms with Crippen LogP contribution in [0.2, 0.25) is 5.02 Å². The van der Waals surface area contributed by atoms with Gasteiger partial charge in [0.1, 0.15) is 18.3 Å². The van der Waals surface area contributed by atoms with E-state index in [4.69, 9.17) is 17.3 Å². The number of halogens is 1. The van der Waals surface area contributed by atoms with Crippen molar-refractivity contribution in [3.05, 3.63) is 53.8 Å². The number of hydrogen-bond acceptors (Lipinski definition) is 5. The summed E-state index contributed by atoms with van der Waals surface area (Å²) in [6.45, 7) is 1.95. The fraction of sp³-hybridized carbons (Fsp3) is 0.0714. The Balaban J connectivity index is 1.96. The molecular weight excluding hydrogens is 288 g/mol. The molecule has 1 aromatic carbocycles. The highest BCUT2D eigenvalue weighted by Gasteiger charge is 2.10. The summed E-state index contributed by atoms with van der Waals surface area (Å²) in [5.41, 5.74) is 8.38. The second kappa shape index (κ2) is 5.41. The topological polar surface area (TPSA) is 81.7 Å². The molecular formula is C14H13ClN6. The molecule has 2 heterocycles. The standard InChI is InChI=1S/C14H13ClN6/c1-9-2-3-10(6-11(9)15)20-13-12(16)14(19-7-18-13)21-5-4-17-8-21/h2-8H,16H2,1H3,(H,18,19,20). The van der Waals surface area contributed by atoms with Crippen LogP contribution in [0.4, 0.5) is 17.2 Å². The van der Waals surface area contributed by atoms with Crippen molar-refractivity contribution in [1.29, 1.82) is 0 Å². The van der Waals surface area contributed by atoms with Crippen molar-refractivity contribution in [3.63, 3.8) is 0 Å². The third-order valence-corrected chi connectivity index (χ3v) is 3.45. The van der Waals surface area contributed by atoms with Gasteiger partial charge in [-0.05, 0) is 24.6 Å². The first-order valence-corrected chi connectivity index (χ1v) is 6.65. The minimum Gasteiger partial charge on any atom is -0.393 e. The van der Waals surface area contributed by atoms with Crippen LogP contribution in [0.3, 0.4) is 0 Å². The Kier molecular flexibility index (Phi) is 3.45. The molecule has 0 radical (unpaired) electrons. The first kappa shape index (κ1) is 13.4. The van der Waals surface area contributed by atoms with Crippen LogP contribution >= 0.6 is 11.6 Å². The number of imidazole rings is 1. The van der Waals surface area contributed by atoms with Crippen LogP contribution in [0.25, 0.3) is 5.82 Å². The number of aryl methyl sites for hydroxylation is 1. The number of nitrogens with one attached hydrogen (secondary N) is 1. The van der Waals surface area contributed by atoms with Gasteiger partial charge in [-0.15, -0.1) is 0 Å². The molecule has 21 heavy (non-hydrogen) atoms. The third-order valence-electron chi connectivity index (χ3n) is 3.05. The molecule has 0 amide bonds. The van der Waals surface area contributed by atoms with Gasteiger partial charge in [0.15, 0.2) is 11.6 Å². The lowest BCUT2D eigenvalue weighted by Gasteiger charge is -2.12. The van der Waals surface area contributed by atoms with E-state index in [-0.39, 0.29) is 0 Å². The lowest BCUT2D eigenvalue weighted by molar-refractivity contribution is 0.977. The van der Waals surface area contributed by atoms with E-state index in [0.29, 0.717) is 22.3 Å². The van der Waals surface area contributed by atoms with E-state index in [0.717, 1.165) is 11.3 Å². The van der Waals surface area contributed by atoms with Crippen molar-refractivity contribution >= 4 is 28.8 Å². The molecule has 7 heteroatoms. The summed E-state index contributed by atoms with van der Waals surface area (Å²) in [6.07, 6.45) is 6.51. The lowest BCUT2D eigenvalue weighted by atomic mass is 10.2. The van der Waals surface area contributed by atoms with Gasteiger partial charge in [-0.2, -0.15) is 0 Å². The fourth-order valence-corrected chi connectivity index (χ4v) is 2.06. The van der Waals surface area contributed by atoms with E-state index >= 15 is 0 Å². The first-order chi connectivity index (χ1) is 10.1. The Labute approximate surface area is 126 Å². The quantitative estimate of drug-likeness (QED) is 0.777. The lowest BCUT2D eigenvalue weighted by Crippen LogP contribution is -2.06. The minimum absolute atomic E-state index is 0.437. The Morgan fingerprint density at radius 1 is 1.29 bits per heavy atom. The van der Waals surface area contributed by atoms with Crippen molar-refractivity contribution in [2.45, 2.75) is 6.92 Å². The predicted molar refractivity (Wildman–Crippen MR) is 83.0 cm³/mol. The van der Waals surface area contributed by atoms with E-state index < -0.39 is 0 Å². The number of hydrogen-bond donors (Lipinski definition) is 2. The average molecular weight is 301 g/mol. The summed E-state index contributed by atoms with van der Waals surface area (Å²) in [7, 11) is 0. The second-order valence-electron chi connectivity index (χ2n) is 4.52. The van der Waals surface area contributed by atoms with E-state index in [1.807, 2.05) is 25.1 Å². The van der Waals surface area contributed by atoms with Crippen LogP contribution < -0.4 is 11.1 Å². The van der Waals surface area contributed by atoms with Crippen molar-refractivity contribution in [2.75, 3.05) is 11.1 Å². The Morgan fingerprint density at radius 2 is 2.14 bits per heavy atom. The summed E-state index contributed by atoms with van der Waals surface area (Å²) in [5, 5.41) is 3.83. The highest BCUT2D eigenvalue weighted by atomic mass is 35.5. The van der Waals surface area contributed by atoms with Gasteiger partial charge >= 0.3 is 0 Å². The van der Waals surface area contributed by atoms with Crippen LogP contribution in [0.5, 0.6) is 0 Å². The highest BCUT2D eigenvalue weighted by Crippen LogP contribution is 2.27. The molecule has 0 saturated carbocycles. The molecule has 0 atom stereocenters. The summed E-state index contributed by atoms with van der Waals surface area (Å²) in [5.74, 6) is 1.09. The maximum absolute atomic E-state index is 6.12. The summed E-state index contributed by atoms with van der Waals surface area (Å²) in [6, 6.07) is 5.67. The van der Waals surface area contributed by atoms with E-state index in [2.05, 4.69) is 20.3 Å². The van der Waals surface area contributed by atoms with Crippen molar-refractivity contribution in [1.82, 2.24) is 19.5 Å². The first-order valence-electron chi connectivity index (χ1n) is 6.27. The zero-order chi connectivity index (χ0) is 14.8. The molecule has 0 spiro atoms. The third kappa shape index (κ3) is 2.66. The summed E-state index contributed by atoms with van der Waals surface area (Å²) >= 11 is 6.12. The van der Waals surface area contributed by atoms with Gasteiger partial charge in [-0.3, -0.25) is 4.57 Å². The summed E-state index contributed by atoms with van der Waals surface area (Å²) < 4.78 is 1.73. The Hall–Kier alpha value is -2.60. The van der Waals surface area contributed by atoms with Crippen LogP contribution in [0, 0.1) is 6.92 Å². The van der Waals surface area contributed by atoms with Gasteiger partial charge < -0.3 is 11.1 Å². The monoisotopic (exact) mass is 300 g/mol. The molecule has 0 aliphatic heterocycles. The normalized spacial score (nSPS) is 10.6. The zero-order valence-corrected chi connectivity index (χ0v) is 12.0. The molecule has 3 aromatic rings. The zero-order valence-electron chi connectivity index (χ0n) is 11.3. The number of nitrogens with zero attached hydrogens (tertiary/aromatic N) is 4. The Bertz CT molecular complexity index is 769. The number of aromatic nitrogens is 4. The van der Waals surface area contributed by atoms with Gasteiger partial charge in [-0.25, -0.2) is 15.0 Å². The van der Waals surface area contributed by atoms with E-state index in [1.165, 1.54) is 6.33 Å². The molecule has 6 nitrogen and oxygen atoms in total. The maximum atomic E-state index is 6.12. The molecule has 3 N–H and O–H groups in total. The Morgan fingerprint density at radius 3 is 2.86 bits per heavy atom. The van der Waals surface area contributed by atoms with Gasteiger partial charge in [0.2, 0.25) is 0 Å². The van der Waals surface area contributed by atoms with Gasteiger partial charge in [-0.1, -0.05) is 17.7 Å². The number of benzene rings is 1. The molecule has 106 valence electrons. The highest BCUT2D eigenvalue weighted by molar-refractivity contribution is 6.31. The summed E-state index contributed by atoms with van der Waals surface area (Å²) in [4.78, 5) is 12.3. The van der Waals surface area contributed by atoms with Crippen LogP contribution in [0.1, 0.15) is 5.56 Å². The molecule has 0 aliphatic carbocycles. The number of nitrogens with two attached hydrogens (primary N) is 1. The smallest absolute Gasteiger partial charge is 0.166 e. The predicted octanol–water partition coefficient (Wildman–Crippen LogP) is 2.95. The maximum Gasteiger partial charge on any atom is 0.166 e. The molecule has 0 fully saturated rings. The fourth-order valence-electron chi connectivity index (χ4n) is 1.88. The minimum atomic E-state index is 0.437. The molecule has 3 rings (SSSR count). The van der Waals surface area contributed by atoms with Crippen LogP contribution in [-0.2, 0) is 0 Å². The van der Waals surface area contributed by atoms with Gasteiger partial charge in [0.25, 0.3) is 0 Å². The second-order valence-corrected chi connectivity index (χ2v) is 4.93. The number of rotatable bonds is 3. The van der Waals surface area contributed by atoms with Crippen LogP contribution in [-0.4, -0.2) is 19.5 Å². The number of nitrogen functional groups attached to an aromatic ring is 1. The van der Waals surface area contributed by atoms with Crippen LogP contribution in [0.15, 0.2) is 43.2 Å². The van der Waals surface area contributed by atoms with E-state index in [9.17, 15) is 0 Å². The van der Waals surface area contributed by atoms with Crippen molar-refractivity contribution < 1.29 is 0 Å². The average Bonchev–Trinajstić information content (AvgIpc) is 2.99. The van der Waals surface area contributed by atoms with Crippen molar-refractivity contribution in [3.8, 4) is 5.82 Å². The molecule has 0 unspecified atom stereocenters. The SMILES string of the molecule is Cc1ccc(Nc2ncnc(-n3ccnc3)c2N)cc1Cl.